The molecule has 0 aliphatic heterocycles. The number of halogens is 1. The van der Waals surface area contributed by atoms with Crippen LogP contribution in [0.1, 0.15) is 30.4 Å². The fourth-order valence-corrected chi connectivity index (χ4v) is 1.75. The molecule has 1 atom stereocenters. The molecule has 1 unspecified atom stereocenters. The molecule has 72 valence electrons. The maximum Gasteiger partial charge on any atom is 0.0438 e. The summed E-state index contributed by atoms with van der Waals surface area (Å²) in [4.78, 5) is 0. The molecule has 2 heteroatoms. The van der Waals surface area contributed by atoms with Crippen molar-refractivity contribution in [3.63, 3.8) is 0 Å². The van der Waals surface area contributed by atoms with Crippen LogP contribution in [0.25, 0.3) is 0 Å². The van der Waals surface area contributed by atoms with Crippen LogP contribution in [0.4, 0.5) is 0 Å². The van der Waals surface area contributed by atoms with Crippen LogP contribution in [0.3, 0.4) is 0 Å². The van der Waals surface area contributed by atoms with E-state index in [1.807, 2.05) is 12.1 Å². The van der Waals surface area contributed by atoms with Crippen LogP contribution < -0.4 is 5.73 Å². The Kier molecular flexibility index (Phi) is 3.76. The van der Waals surface area contributed by atoms with Gasteiger partial charge >= 0.3 is 0 Å². The standard InChI is InChI=1S/C11H16ClN/c1-8(6-7-13)10-4-3-5-11(12)9(10)2/h3-5,8H,6-7,13H2,1-2H3. The van der Waals surface area contributed by atoms with Gasteiger partial charge in [0.25, 0.3) is 0 Å². The third kappa shape index (κ3) is 2.45. The van der Waals surface area contributed by atoms with Crippen molar-refractivity contribution in [2.24, 2.45) is 5.73 Å². The lowest BCUT2D eigenvalue weighted by Gasteiger charge is -2.14. The first-order valence-corrected chi connectivity index (χ1v) is 4.99. The van der Waals surface area contributed by atoms with Crippen molar-refractivity contribution in [2.75, 3.05) is 6.54 Å². The van der Waals surface area contributed by atoms with Crippen LogP contribution >= 0.6 is 11.6 Å². The van der Waals surface area contributed by atoms with Crippen LogP contribution in [0, 0.1) is 6.92 Å². The van der Waals surface area contributed by atoms with Gasteiger partial charge in [0.15, 0.2) is 0 Å². The molecule has 0 aliphatic carbocycles. The Balaban J connectivity index is 2.93. The molecule has 0 heterocycles. The highest BCUT2D eigenvalue weighted by molar-refractivity contribution is 6.31. The van der Waals surface area contributed by atoms with Crippen LogP contribution in [-0.2, 0) is 0 Å². The summed E-state index contributed by atoms with van der Waals surface area (Å²) in [6.07, 6.45) is 1.02. The van der Waals surface area contributed by atoms with Crippen molar-refractivity contribution in [1.29, 1.82) is 0 Å². The van der Waals surface area contributed by atoms with Crippen molar-refractivity contribution in [3.05, 3.63) is 34.3 Å². The smallest absolute Gasteiger partial charge is 0.0438 e. The van der Waals surface area contributed by atoms with E-state index in [2.05, 4.69) is 19.9 Å². The Morgan fingerprint density at radius 2 is 2.15 bits per heavy atom. The summed E-state index contributed by atoms with van der Waals surface area (Å²) in [7, 11) is 0. The topological polar surface area (TPSA) is 26.0 Å². The lowest BCUT2D eigenvalue weighted by Crippen LogP contribution is -2.05. The minimum absolute atomic E-state index is 0.503. The fourth-order valence-electron chi connectivity index (χ4n) is 1.56. The lowest BCUT2D eigenvalue weighted by molar-refractivity contribution is 0.686. The molecule has 0 saturated heterocycles. The zero-order valence-electron chi connectivity index (χ0n) is 8.18. The molecule has 0 spiro atoms. The summed E-state index contributed by atoms with van der Waals surface area (Å²) >= 11 is 6.03. The van der Waals surface area contributed by atoms with E-state index in [9.17, 15) is 0 Å². The van der Waals surface area contributed by atoms with Crippen molar-refractivity contribution in [2.45, 2.75) is 26.2 Å². The minimum Gasteiger partial charge on any atom is -0.330 e. The largest absolute Gasteiger partial charge is 0.330 e. The first kappa shape index (κ1) is 10.6. The van der Waals surface area contributed by atoms with Crippen LogP contribution in [0.2, 0.25) is 5.02 Å². The maximum atomic E-state index is 6.03. The first-order valence-electron chi connectivity index (χ1n) is 4.62. The molecule has 0 radical (unpaired) electrons. The number of benzene rings is 1. The summed E-state index contributed by atoms with van der Waals surface area (Å²) in [6, 6.07) is 6.05. The van der Waals surface area contributed by atoms with Gasteiger partial charge in [0.1, 0.15) is 0 Å². The molecule has 2 N–H and O–H groups in total. The highest BCUT2D eigenvalue weighted by atomic mass is 35.5. The molecule has 1 aromatic rings. The highest BCUT2D eigenvalue weighted by Crippen LogP contribution is 2.26. The predicted octanol–water partition coefficient (Wildman–Crippen LogP) is 3.10. The van der Waals surface area contributed by atoms with E-state index in [4.69, 9.17) is 17.3 Å². The second-order valence-electron chi connectivity index (χ2n) is 3.43. The molecular weight excluding hydrogens is 182 g/mol. The average Bonchev–Trinajstić information content (AvgIpc) is 2.10. The van der Waals surface area contributed by atoms with Gasteiger partial charge in [-0.05, 0) is 43.0 Å². The maximum absolute atomic E-state index is 6.03. The van der Waals surface area contributed by atoms with Crippen molar-refractivity contribution in [3.8, 4) is 0 Å². The SMILES string of the molecule is Cc1c(Cl)cccc1C(C)CCN. The van der Waals surface area contributed by atoms with Gasteiger partial charge in [-0.15, -0.1) is 0 Å². The second-order valence-corrected chi connectivity index (χ2v) is 3.84. The summed E-state index contributed by atoms with van der Waals surface area (Å²) in [5.41, 5.74) is 8.02. The normalized spacial score (nSPS) is 12.9. The summed E-state index contributed by atoms with van der Waals surface area (Å²) in [5.74, 6) is 0.503. The zero-order valence-corrected chi connectivity index (χ0v) is 8.93. The summed E-state index contributed by atoms with van der Waals surface area (Å²) < 4.78 is 0. The van der Waals surface area contributed by atoms with E-state index in [1.54, 1.807) is 0 Å². The van der Waals surface area contributed by atoms with E-state index >= 15 is 0 Å². The second kappa shape index (κ2) is 4.64. The molecule has 0 fully saturated rings. The van der Waals surface area contributed by atoms with Crippen molar-refractivity contribution >= 4 is 11.6 Å². The molecule has 13 heavy (non-hydrogen) atoms. The van der Waals surface area contributed by atoms with Gasteiger partial charge < -0.3 is 5.73 Å². The Hall–Kier alpha value is -0.530. The van der Waals surface area contributed by atoms with Gasteiger partial charge in [0.05, 0.1) is 0 Å². The Morgan fingerprint density at radius 1 is 1.46 bits per heavy atom. The summed E-state index contributed by atoms with van der Waals surface area (Å²) in [6.45, 7) is 4.98. The number of rotatable bonds is 3. The van der Waals surface area contributed by atoms with E-state index in [-0.39, 0.29) is 0 Å². The van der Waals surface area contributed by atoms with Crippen LogP contribution in [0.5, 0.6) is 0 Å². The monoisotopic (exact) mass is 197 g/mol. The zero-order chi connectivity index (χ0) is 9.84. The molecular formula is C11H16ClN. The van der Waals surface area contributed by atoms with Crippen LogP contribution in [-0.4, -0.2) is 6.54 Å². The molecule has 1 aromatic carbocycles. The average molecular weight is 198 g/mol. The van der Waals surface area contributed by atoms with Gasteiger partial charge in [0.2, 0.25) is 0 Å². The van der Waals surface area contributed by atoms with Gasteiger partial charge in [-0.3, -0.25) is 0 Å². The van der Waals surface area contributed by atoms with Crippen molar-refractivity contribution in [1.82, 2.24) is 0 Å². The molecule has 0 bridgehead atoms. The van der Waals surface area contributed by atoms with Crippen LogP contribution in [0.15, 0.2) is 18.2 Å². The molecule has 0 saturated carbocycles. The summed E-state index contributed by atoms with van der Waals surface area (Å²) in [5, 5.41) is 0.848. The van der Waals surface area contributed by atoms with Gasteiger partial charge in [-0.25, -0.2) is 0 Å². The predicted molar refractivity (Wildman–Crippen MR) is 58.3 cm³/mol. The number of hydrogen-bond donors (Lipinski definition) is 1. The Labute approximate surface area is 84.9 Å². The Bertz CT molecular complexity index is 283. The van der Waals surface area contributed by atoms with Gasteiger partial charge in [0, 0.05) is 5.02 Å². The third-order valence-electron chi connectivity index (χ3n) is 2.44. The van der Waals surface area contributed by atoms with E-state index < -0.39 is 0 Å². The Morgan fingerprint density at radius 3 is 2.77 bits per heavy atom. The molecule has 0 amide bonds. The third-order valence-corrected chi connectivity index (χ3v) is 2.85. The lowest BCUT2D eigenvalue weighted by atomic mass is 9.94. The fraction of sp³-hybridized carbons (Fsp3) is 0.455. The molecule has 1 nitrogen and oxygen atoms in total. The number of nitrogens with two attached hydrogens (primary N) is 1. The van der Waals surface area contributed by atoms with E-state index in [0.29, 0.717) is 5.92 Å². The van der Waals surface area contributed by atoms with E-state index in [0.717, 1.165) is 18.0 Å². The first-order chi connectivity index (χ1) is 6.16. The minimum atomic E-state index is 0.503. The number of hydrogen-bond acceptors (Lipinski definition) is 1. The van der Waals surface area contributed by atoms with Gasteiger partial charge in [-0.1, -0.05) is 30.7 Å². The van der Waals surface area contributed by atoms with E-state index in [1.165, 1.54) is 11.1 Å². The quantitative estimate of drug-likeness (QED) is 0.792. The van der Waals surface area contributed by atoms with Gasteiger partial charge in [-0.2, -0.15) is 0 Å². The highest BCUT2D eigenvalue weighted by Gasteiger charge is 2.08. The molecule has 0 aliphatic rings. The molecule has 0 aromatic heterocycles. The van der Waals surface area contributed by atoms with Crippen molar-refractivity contribution < 1.29 is 0 Å². The molecule has 1 rings (SSSR count).